The van der Waals surface area contributed by atoms with Crippen molar-refractivity contribution < 1.29 is 0 Å². The molecule has 1 saturated carbocycles. The van der Waals surface area contributed by atoms with E-state index >= 15 is 0 Å². The van der Waals surface area contributed by atoms with Crippen LogP contribution in [-0.2, 0) is 0 Å². The van der Waals surface area contributed by atoms with Gasteiger partial charge in [-0.15, -0.1) is 5.73 Å². The molecule has 0 bridgehead atoms. The van der Waals surface area contributed by atoms with Gasteiger partial charge in [-0.05, 0) is 43.8 Å². The highest BCUT2D eigenvalue weighted by Gasteiger charge is 2.10. The van der Waals surface area contributed by atoms with E-state index in [1.165, 1.54) is 64.2 Å². The van der Waals surface area contributed by atoms with E-state index in [1.807, 2.05) is 0 Å². The summed E-state index contributed by atoms with van der Waals surface area (Å²) in [5, 5.41) is 0. The fourth-order valence-electron chi connectivity index (χ4n) is 2.26. The van der Waals surface area contributed by atoms with Gasteiger partial charge in [0.1, 0.15) is 0 Å². The van der Waals surface area contributed by atoms with E-state index in [0.717, 1.165) is 5.92 Å². The van der Waals surface area contributed by atoms with Crippen LogP contribution in [0, 0.1) is 5.92 Å². The summed E-state index contributed by atoms with van der Waals surface area (Å²) in [6, 6.07) is 0. The third-order valence-electron chi connectivity index (χ3n) is 3.30. The first-order valence-electron chi connectivity index (χ1n) is 6.84. The van der Waals surface area contributed by atoms with Crippen molar-refractivity contribution in [2.24, 2.45) is 5.92 Å². The minimum Gasteiger partial charge on any atom is -0.129 e. The first kappa shape index (κ1) is 12.6. The second kappa shape index (κ2) is 8.80. The van der Waals surface area contributed by atoms with Crippen molar-refractivity contribution in [3.05, 3.63) is 17.9 Å². The van der Waals surface area contributed by atoms with Crippen LogP contribution in [-0.4, -0.2) is 0 Å². The molecule has 1 rings (SSSR count). The van der Waals surface area contributed by atoms with Gasteiger partial charge in [0.2, 0.25) is 0 Å². The molecule has 0 aromatic heterocycles. The molecule has 1 aliphatic rings. The molecule has 0 atom stereocenters. The van der Waals surface area contributed by atoms with E-state index < -0.39 is 0 Å². The van der Waals surface area contributed by atoms with E-state index in [4.69, 9.17) is 0 Å². The lowest BCUT2D eigenvalue weighted by atomic mass is 10.1. The lowest BCUT2D eigenvalue weighted by Crippen LogP contribution is -1.83. The predicted molar refractivity (Wildman–Crippen MR) is 68.0 cm³/mol. The zero-order chi connectivity index (χ0) is 10.8. The lowest BCUT2D eigenvalue weighted by molar-refractivity contribution is 0.637. The number of hydrogen-bond acceptors (Lipinski definition) is 0. The Balaban J connectivity index is 1.95. The predicted octanol–water partition coefficient (Wildman–Crippen LogP) is 5.25. The standard InChI is InChI=1S/C15H26/c1-2-3-4-5-6-7-8-9-12-15-13-10-11-14-15/h8,12,15H,2-7,10-11,13-14H2,1H3. The Kier molecular flexibility index (Phi) is 7.38. The molecule has 0 spiro atoms. The minimum absolute atomic E-state index is 0.848. The molecule has 1 fully saturated rings. The molecule has 0 saturated heterocycles. The summed E-state index contributed by atoms with van der Waals surface area (Å²) in [6.07, 6.45) is 18.3. The average Bonchev–Trinajstić information content (AvgIpc) is 2.75. The van der Waals surface area contributed by atoms with E-state index in [2.05, 4.69) is 24.8 Å². The molecule has 0 heterocycles. The highest BCUT2D eigenvalue weighted by atomic mass is 14.1. The van der Waals surface area contributed by atoms with Gasteiger partial charge in [-0.3, -0.25) is 0 Å². The third kappa shape index (κ3) is 6.57. The summed E-state index contributed by atoms with van der Waals surface area (Å²) < 4.78 is 0. The van der Waals surface area contributed by atoms with Gasteiger partial charge in [-0.1, -0.05) is 45.4 Å². The van der Waals surface area contributed by atoms with Crippen molar-refractivity contribution in [3.63, 3.8) is 0 Å². The maximum absolute atomic E-state index is 3.37. The molecule has 0 amide bonds. The largest absolute Gasteiger partial charge is 0.129 e. The molecular formula is C15H26. The molecule has 0 aromatic carbocycles. The highest BCUT2D eigenvalue weighted by Crippen LogP contribution is 2.25. The zero-order valence-electron chi connectivity index (χ0n) is 10.3. The monoisotopic (exact) mass is 206 g/mol. The molecule has 0 N–H and O–H groups in total. The molecule has 0 unspecified atom stereocenters. The smallest absolute Gasteiger partial charge is 0.0158 e. The van der Waals surface area contributed by atoms with Crippen LogP contribution in [0.3, 0.4) is 0 Å². The van der Waals surface area contributed by atoms with E-state index in [1.54, 1.807) is 0 Å². The third-order valence-corrected chi connectivity index (χ3v) is 3.30. The van der Waals surface area contributed by atoms with Crippen LogP contribution in [0.1, 0.15) is 71.1 Å². The van der Waals surface area contributed by atoms with E-state index in [0.29, 0.717) is 0 Å². The molecule has 0 nitrogen and oxygen atoms in total. The van der Waals surface area contributed by atoms with Crippen molar-refractivity contribution in [1.82, 2.24) is 0 Å². The Morgan fingerprint density at radius 2 is 1.80 bits per heavy atom. The van der Waals surface area contributed by atoms with Crippen LogP contribution in [0.25, 0.3) is 0 Å². The van der Waals surface area contributed by atoms with Gasteiger partial charge in [0.15, 0.2) is 0 Å². The Morgan fingerprint density at radius 3 is 2.53 bits per heavy atom. The second-order valence-electron chi connectivity index (χ2n) is 4.78. The van der Waals surface area contributed by atoms with Gasteiger partial charge in [-0.2, -0.15) is 0 Å². The molecule has 0 aliphatic heterocycles. The van der Waals surface area contributed by atoms with Crippen LogP contribution < -0.4 is 0 Å². The van der Waals surface area contributed by atoms with Crippen molar-refractivity contribution >= 4 is 0 Å². The molecule has 0 radical (unpaired) electrons. The van der Waals surface area contributed by atoms with Crippen LogP contribution >= 0.6 is 0 Å². The summed E-state index contributed by atoms with van der Waals surface area (Å²) in [7, 11) is 0. The average molecular weight is 206 g/mol. The molecular weight excluding hydrogens is 180 g/mol. The number of rotatable bonds is 7. The number of unbranched alkanes of at least 4 members (excludes halogenated alkanes) is 5. The zero-order valence-corrected chi connectivity index (χ0v) is 10.3. The van der Waals surface area contributed by atoms with Crippen molar-refractivity contribution in [1.29, 1.82) is 0 Å². The van der Waals surface area contributed by atoms with Gasteiger partial charge >= 0.3 is 0 Å². The van der Waals surface area contributed by atoms with Gasteiger partial charge < -0.3 is 0 Å². The minimum atomic E-state index is 0.848. The van der Waals surface area contributed by atoms with Crippen LogP contribution in [0.5, 0.6) is 0 Å². The summed E-state index contributed by atoms with van der Waals surface area (Å²) in [5.74, 6) is 0.848. The number of allylic oxidation sites excluding steroid dienone is 1. The Morgan fingerprint density at radius 1 is 1.07 bits per heavy atom. The Hall–Kier alpha value is -0.480. The quantitative estimate of drug-likeness (QED) is 0.394. The van der Waals surface area contributed by atoms with E-state index in [9.17, 15) is 0 Å². The van der Waals surface area contributed by atoms with Crippen LogP contribution in [0.15, 0.2) is 17.9 Å². The van der Waals surface area contributed by atoms with E-state index in [-0.39, 0.29) is 0 Å². The maximum atomic E-state index is 3.37. The Bertz CT molecular complexity index is 190. The fourth-order valence-corrected chi connectivity index (χ4v) is 2.26. The molecule has 0 heteroatoms. The molecule has 86 valence electrons. The van der Waals surface area contributed by atoms with Crippen molar-refractivity contribution in [3.8, 4) is 0 Å². The molecule has 1 aliphatic carbocycles. The lowest BCUT2D eigenvalue weighted by Gasteiger charge is -1.96. The summed E-state index contributed by atoms with van der Waals surface area (Å²) in [6.45, 7) is 2.27. The summed E-state index contributed by atoms with van der Waals surface area (Å²) in [5.41, 5.74) is 3.37. The Labute approximate surface area is 95.5 Å². The fraction of sp³-hybridized carbons (Fsp3) is 0.800. The van der Waals surface area contributed by atoms with Gasteiger partial charge in [-0.25, -0.2) is 0 Å². The van der Waals surface area contributed by atoms with Crippen LogP contribution in [0.2, 0.25) is 0 Å². The summed E-state index contributed by atoms with van der Waals surface area (Å²) >= 11 is 0. The van der Waals surface area contributed by atoms with Crippen molar-refractivity contribution in [2.75, 3.05) is 0 Å². The summed E-state index contributed by atoms with van der Waals surface area (Å²) in [4.78, 5) is 0. The van der Waals surface area contributed by atoms with Crippen LogP contribution in [0.4, 0.5) is 0 Å². The maximum Gasteiger partial charge on any atom is -0.0158 e. The first-order valence-corrected chi connectivity index (χ1v) is 6.84. The normalized spacial score (nSPS) is 16.3. The number of hydrogen-bond donors (Lipinski definition) is 0. The highest BCUT2D eigenvalue weighted by molar-refractivity contribution is 4.91. The first-order chi connectivity index (χ1) is 7.43. The van der Waals surface area contributed by atoms with Gasteiger partial charge in [0.05, 0.1) is 0 Å². The SMILES string of the molecule is CCCCCCCC=C=CC1CCCC1. The molecule has 0 aromatic rings. The topological polar surface area (TPSA) is 0 Å². The second-order valence-corrected chi connectivity index (χ2v) is 4.78. The van der Waals surface area contributed by atoms with Gasteiger partial charge in [0, 0.05) is 0 Å². The molecule has 15 heavy (non-hydrogen) atoms. The van der Waals surface area contributed by atoms with Gasteiger partial charge in [0.25, 0.3) is 0 Å². The van der Waals surface area contributed by atoms with Crippen molar-refractivity contribution in [2.45, 2.75) is 71.1 Å².